The highest BCUT2D eigenvalue weighted by Crippen LogP contribution is 2.13. The van der Waals surface area contributed by atoms with Crippen LogP contribution in [-0.4, -0.2) is 53.2 Å². The molecule has 112 valence electrons. The second kappa shape index (κ2) is 6.85. The Hall–Kier alpha value is -1.40. The molecule has 6 heteroatoms. The third-order valence-electron chi connectivity index (χ3n) is 4.02. The van der Waals surface area contributed by atoms with Crippen LogP contribution in [0.5, 0.6) is 0 Å². The van der Waals surface area contributed by atoms with Crippen molar-refractivity contribution in [3.8, 4) is 0 Å². The number of nitrogens with two attached hydrogens (primary N) is 1. The second-order valence-electron chi connectivity index (χ2n) is 5.37. The quantitative estimate of drug-likeness (QED) is 0.823. The molecular weight excluding hydrogens is 254 g/mol. The molecular formula is C14H25N5O. The van der Waals surface area contributed by atoms with Crippen molar-refractivity contribution in [2.24, 2.45) is 12.8 Å². The molecule has 2 heterocycles. The van der Waals surface area contributed by atoms with Gasteiger partial charge in [0.1, 0.15) is 0 Å². The van der Waals surface area contributed by atoms with Crippen molar-refractivity contribution in [3.63, 3.8) is 0 Å². The van der Waals surface area contributed by atoms with Gasteiger partial charge in [0.15, 0.2) is 5.82 Å². The lowest BCUT2D eigenvalue weighted by molar-refractivity contribution is 0.179. The van der Waals surface area contributed by atoms with Crippen molar-refractivity contribution < 1.29 is 0 Å². The van der Waals surface area contributed by atoms with Crippen LogP contribution in [0.3, 0.4) is 0 Å². The molecule has 1 atom stereocenters. The third-order valence-corrected chi connectivity index (χ3v) is 4.02. The summed E-state index contributed by atoms with van der Waals surface area (Å²) in [5.41, 5.74) is 5.84. The zero-order valence-electron chi connectivity index (χ0n) is 12.5. The molecule has 0 aromatic carbocycles. The smallest absolute Gasteiger partial charge is 0.293 e. The largest absolute Gasteiger partial charge is 0.349 e. The van der Waals surface area contributed by atoms with Crippen LogP contribution >= 0.6 is 0 Å². The van der Waals surface area contributed by atoms with Crippen molar-refractivity contribution in [3.05, 3.63) is 22.7 Å². The lowest BCUT2D eigenvalue weighted by Gasteiger charge is -2.39. The molecule has 2 rings (SSSR count). The summed E-state index contributed by atoms with van der Waals surface area (Å²) in [6, 6.07) is 0.466. The molecule has 6 nitrogen and oxygen atoms in total. The summed E-state index contributed by atoms with van der Waals surface area (Å²) < 4.78 is 1.58. The maximum Gasteiger partial charge on any atom is 0.293 e. The number of hydrogen-bond acceptors (Lipinski definition) is 5. The number of nitrogens with zero attached hydrogens (tertiary/aromatic N) is 4. The van der Waals surface area contributed by atoms with Gasteiger partial charge in [-0.05, 0) is 6.42 Å². The highest BCUT2D eigenvalue weighted by molar-refractivity contribution is 5.36. The average molecular weight is 279 g/mol. The van der Waals surface area contributed by atoms with E-state index in [0.29, 0.717) is 18.4 Å². The molecule has 0 saturated carbocycles. The summed E-state index contributed by atoms with van der Waals surface area (Å²) in [6.45, 7) is 6.47. The first-order valence-electron chi connectivity index (χ1n) is 7.38. The Morgan fingerprint density at radius 2 is 2.05 bits per heavy atom. The minimum atomic E-state index is -0.0233. The van der Waals surface area contributed by atoms with Gasteiger partial charge in [-0.3, -0.25) is 9.69 Å². The van der Waals surface area contributed by atoms with E-state index in [4.69, 9.17) is 5.73 Å². The molecule has 2 N–H and O–H groups in total. The zero-order valence-corrected chi connectivity index (χ0v) is 12.5. The Morgan fingerprint density at radius 1 is 1.35 bits per heavy atom. The standard InChI is InChI=1S/C14H25N5O/c1-3-4-12(11-15)18-7-9-19(10-8-18)13-14(20)17(2)6-5-16-13/h5-6,12H,3-4,7-11,15H2,1-2H3. The van der Waals surface area contributed by atoms with Gasteiger partial charge in [-0.15, -0.1) is 0 Å². The van der Waals surface area contributed by atoms with Gasteiger partial charge in [-0.1, -0.05) is 13.3 Å². The minimum Gasteiger partial charge on any atom is -0.349 e. The lowest BCUT2D eigenvalue weighted by atomic mass is 10.1. The summed E-state index contributed by atoms with van der Waals surface area (Å²) in [4.78, 5) is 20.8. The van der Waals surface area contributed by atoms with Crippen molar-refractivity contribution in [2.45, 2.75) is 25.8 Å². The molecule has 20 heavy (non-hydrogen) atoms. The third kappa shape index (κ3) is 3.19. The van der Waals surface area contributed by atoms with Crippen LogP contribution < -0.4 is 16.2 Å². The number of aromatic nitrogens is 2. The fourth-order valence-electron chi connectivity index (χ4n) is 2.78. The van der Waals surface area contributed by atoms with Gasteiger partial charge >= 0.3 is 0 Å². The van der Waals surface area contributed by atoms with Gasteiger partial charge in [0.2, 0.25) is 0 Å². The van der Waals surface area contributed by atoms with E-state index in [1.165, 1.54) is 0 Å². The second-order valence-corrected chi connectivity index (χ2v) is 5.37. The van der Waals surface area contributed by atoms with Gasteiger partial charge in [-0.2, -0.15) is 0 Å². The van der Waals surface area contributed by atoms with Gasteiger partial charge in [0.25, 0.3) is 5.56 Å². The number of piperazine rings is 1. The molecule has 1 aliphatic heterocycles. The van der Waals surface area contributed by atoms with Crippen molar-refractivity contribution in [1.29, 1.82) is 0 Å². The number of rotatable bonds is 5. The monoisotopic (exact) mass is 279 g/mol. The Labute approximate surface area is 120 Å². The normalized spacial score (nSPS) is 18.2. The van der Waals surface area contributed by atoms with Gasteiger partial charge in [-0.25, -0.2) is 4.98 Å². The lowest BCUT2D eigenvalue weighted by Crippen LogP contribution is -2.53. The maximum absolute atomic E-state index is 12.1. The first kappa shape index (κ1) is 15.0. The highest BCUT2D eigenvalue weighted by Gasteiger charge is 2.24. The molecule has 1 saturated heterocycles. The summed E-state index contributed by atoms with van der Waals surface area (Å²) in [7, 11) is 1.76. The Kier molecular flexibility index (Phi) is 5.14. The fourth-order valence-corrected chi connectivity index (χ4v) is 2.78. The van der Waals surface area contributed by atoms with Crippen LogP contribution in [0.1, 0.15) is 19.8 Å². The van der Waals surface area contributed by atoms with E-state index in [2.05, 4.69) is 21.7 Å². The van der Waals surface area contributed by atoms with Crippen LogP contribution in [-0.2, 0) is 7.05 Å². The van der Waals surface area contributed by atoms with Crippen molar-refractivity contribution in [2.75, 3.05) is 37.6 Å². The summed E-state index contributed by atoms with van der Waals surface area (Å²) >= 11 is 0. The van der Waals surface area contributed by atoms with E-state index in [9.17, 15) is 4.79 Å². The van der Waals surface area contributed by atoms with Crippen LogP contribution in [0.4, 0.5) is 5.82 Å². The molecule has 0 amide bonds. The van der Waals surface area contributed by atoms with E-state index in [1.54, 1.807) is 24.0 Å². The molecule has 1 aliphatic rings. The van der Waals surface area contributed by atoms with Gasteiger partial charge in [0, 0.05) is 58.2 Å². The van der Waals surface area contributed by atoms with Gasteiger partial charge < -0.3 is 15.2 Å². The summed E-state index contributed by atoms with van der Waals surface area (Å²) in [5, 5.41) is 0. The first-order valence-corrected chi connectivity index (χ1v) is 7.38. The molecule has 1 fully saturated rings. The average Bonchev–Trinajstić information content (AvgIpc) is 2.48. The predicted molar refractivity (Wildman–Crippen MR) is 81.0 cm³/mol. The molecule has 0 spiro atoms. The SMILES string of the molecule is CCCC(CN)N1CCN(c2nccn(C)c2=O)CC1. The van der Waals surface area contributed by atoms with E-state index in [0.717, 1.165) is 39.0 Å². The maximum atomic E-state index is 12.1. The van der Waals surface area contributed by atoms with Crippen molar-refractivity contribution in [1.82, 2.24) is 14.5 Å². The minimum absolute atomic E-state index is 0.0233. The van der Waals surface area contributed by atoms with E-state index in [-0.39, 0.29) is 5.56 Å². The van der Waals surface area contributed by atoms with E-state index in [1.807, 2.05) is 0 Å². The topological polar surface area (TPSA) is 67.4 Å². The molecule has 0 aliphatic carbocycles. The van der Waals surface area contributed by atoms with Crippen LogP contribution in [0.2, 0.25) is 0 Å². The Morgan fingerprint density at radius 3 is 2.65 bits per heavy atom. The Balaban J connectivity index is 2.00. The first-order chi connectivity index (χ1) is 9.67. The predicted octanol–water partition coefficient (Wildman–Crippen LogP) is 0.0297. The number of aryl methyl sites for hydroxylation is 1. The fraction of sp³-hybridized carbons (Fsp3) is 0.714. The molecule has 1 aromatic rings. The summed E-state index contributed by atoms with van der Waals surface area (Å²) in [5.74, 6) is 0.564. The zero-order chi connectivity index (χ0) is 14.5. The Bertz CT molecular complexity index is 479. The molecule has 1 unspecified atom stereocenters. The van der Waals surface area contributed by atoms with Gasteiger partial charge in [0.05, 0.1) is 0 Å². The van der Waals surface area contributed by atoms with E-state index >= 15 is 0 Å². The molecule has 0 radical (unpaired) electrons. The number of anilines is 1. The molecule has 0 bridgehead atoms. The molecule has 1 aromatic heterocycles. The van der Waals surface area contributed by atoms with Crippen molar-refractivity contribution >= 4 is 5.82 Å². The van der Waals surface area contributed by atoms with Crippen LogP contribution in [0.15, 0.2) is 17.2 Å². The van der Waals surface area contributed by atoms with Crippen LogP contribution in [0, 0.1) is 0 Å². The van der Waals surface area contributed by atoms with Crippen LogP contribution in [0.25, 0.3) is 0 Å². The summed E-state index contributed by atoms with van der Waals surface area (Å²) in [6.07, 6.45) is 5.67. The number of hydrogen-bond donors (Lipinski definition) is 1. The highest BCUT2D eigenvalue weighted by atomic mass is 16.1. The van der Waals surface area contributed by atoms with E-state index < -0.39 is 0 Å².